The molecule has 0 saturated heterocycles. The van der Waals surface area contributed by atoms with E-state index in [1.165, 1.54) is 11.8 Å². The van der Waals surface area contributed by atoms with Gasteiger partial charge in [0.25, 0.3) is 5.56 Å². The molecule has 0 fully saturated rings. The van der Waals surface area contributed by atoms with Gasteiger partial charge in [0.15, 0.2) is 5.52 Å². The van der Waals surface area contributed by atoms with Gasteiger partial charge in [-0.1, -0.05) is 13.3 Å². The number of benzene rings is 1. The van der Waals surface area contributed by atoms with Crippen molar-refractivity contribution in [2.75, 3.05) is 13.2 Å². The van der Waals surface area contributed by atoms with Crippen LogP contribution >= 0.6 is 11.8 Å². The molecule has 184 valence electrons. The van der Waals surface area contributed by atoms with Crippen LogP contribution in [0.15, 0.2) is 34.0 Å². The van der Waals surface area contributed by atoms with Crippen LogP contribution in [0.4, 0.5) is 0 Å². The first-order valence-electron chi connectivity index (χ1n) is 11.7. The lowest BCUT2D eigenvalue weighted by atomic mass is 10.2. The summed E-state index contributed by atoms with van der Waals surface area (Å²) in [5.41, 5.74) is 2.07. The van der Waals surface area contributed by atoms with Crippen molar-refractivity contribution < 1.29 is 14.3 Å². The highest BCUT2D eigenvalue weighted by atomic mass is 32.2. The Morgan fingerprint density at radius 3 is 2.53 bits per heavy atom. The number of hydrogen-bond acceptors (Lipinski definition) is 7. The molecule has 34 heavy (non-hydrogen) atoms. The Hall–Kier alpha value is -2.81. The normalized spacial score (nSPS) is 11.7. The Morgan fingerprint density at radius 1 is 1.18 bits per heavy atom. The number of aromatic nitrogens is 4. The van der Waals surface area contributed by atoms with E-state index in [1.54, 1.807) is 23.2 Å². The number of fused-ring (bicyclic) bond motifs is 1. The van der Waals surface area contributed by atoms with E-state index >= 15 is 0 Å². The number of ether oxygens (including phenoxy) is 2. The lowest BCUT2D eigenvalue weighted by Crippen LogP contribution is -2.29. The Labute approximate surface area is 204 Å². The Morgan fingerprint density at radius 2 is 1.88 bits per heavy atom. The first kappa shape index (κ1) is 25.8. The van der Waals surface area contributed by atoms with Crippen LogP contribution in [0.5, 0.6) is 5.75 Å². The molecule has 0 spiro atoms. The van der Waals surface area contributed by atoms with Gasteiger partial charge in [-0.3, -0.25) is 18.8 Å². The fourth-order valence-corrected chi connectivity index (χ4v) is 4.75. The van der Waals surface area contributed by atoms with Gasteiger partial charge < -0.3 is 9.47 Å². The van der Waals surface area contributed by atoms with Crippen LogP contribution < -0.4 is 10.3 Å². The van der Waals surface area contributed by atoms with Crippen LogP contribution in [0.25, 0.3) is 11.0 Å². The first-order chi connectivity index (χ1) is 16.2. The number of nitrogens with zero attached hydrogens (tertiary/aromatic N) is 4. The third-order valence-corrected chi connectivity index (χ3v) is 6.63. The van der Waals surface area contributed by atoms with Gasteiger partial charge in [0, 0.05) is 18.5 Å². The monoisotopic (exact) mass is 486 g/mol. The lowest BCUT2D eigenvalue weighted by Gasteiger charge is -2.21. The van der Waals surface area contributed by atoms with Gasteiger partial charge in [0.05, 0.1) is 18.9 Å². The first-order valence-corrected chi connectivity index (χ1v) is 12.5. The number of carbonyl (C=O) groups is 1. The molecule has 3 aromatic rings. The summed E-state index contributed by atoms with van der Waals surface area (Å²) in [4.78, 5) is 30.8. The van der Waals surface area contributed by atoms with Gasteiger partial charge in [-0.25, -0.2) is 4.98 Å². The SMILES string of the molecule is CCCc1nn(C)c2c(=O)n(CCCOc3ccc(SC(C)(C)C(=O)OCC)cc3)c(C)nc12. The van der Waals surface area contributed by atoms with Crippen molar-refractivity contribution in [3.63, 3.8) is 0 Å². The summed E-state index contributed by atoms with van der Waals surface area (Å²) in [5, 5.41) is 4.50. The fraction of sp³-hybridized carbons (Fsp3) is 0.520. The Kier molecular flexibility index (Phi) is 8.41. The summed E-state index contributed by atoms with van der Waals surface area (Å²) in [6, 6.07) is 7.65. The lowest BCUT2D eigenvalue weighted by molar-refractivity contribution is -0.145. The second-order valence-electron chi connectivity index (χ2n) is 8.64. The van der Waals surface area contributed by atoms with Gasteiger partial charge >= 0.3 is 5.97 Å². The summed E-state index contributed by atoms with van der Waals surface area (Å²) in [5.74, 6) is 1.20. The summed E-state index contributed by atoms with van der Waals surface area (Å²) in [7, 11) is 1.79. The second kappa shape index (κ2) is 11.1. The fourth-order valence-electron chi connectivity index (χ4n) is 3.75. The largest absolute Gasteiger partial charge is 0.494 e. The van der Waals surface area contributed by atoms with E-state index in [0.717, 1.165) is 29.2 Å². The molecule has 1 aromatic carbocycles. The molecule has 8 nitrogen and oxygen atoms in total. The summed E-state index contributed by atoms with van der Waals surface area (Å²) < 4.78 is 13.7. The highest BCUT2D eigenvalue weighted by molar-refractivity contribution is 8.01. The van der Waals surface area contributed by atoms with Crippen LogP contribution in [0.1, 0.15) is 52.1 Å². The van der Waals surface area contributed by atoms with Crippen LogP contribution in [-0.4, -0.2) is 43.3 Å². The molecule has 9 heteroatoms. The minimum absolute atomic E-state index is 0.0644. The molecule has 0 bridgehead atoms. The van der Waals surface area contributed by atoms with Crippen molar-refractivity contribution in [2.45, 2.75) is 70.1 Å². The molecule has 0 N–H and O–H groups in total. The molecular weight excluding hydrogens is 452 g/mol. The molecule has 0 atom stereocenters. The van der Waals surface area contributed by atoms with Gasteiger partial charge in [-0.2, -0.15) is 5.10 Å². The van der Waals surface area contributed by atoms with E-state index in [-0.39, 0.29) is 11.5 Å². The number of thioether (sulfide) groups is 1. The minimum atomic E-state index is -0.663. The van der Waals surface area contributed by atoms with Gasteiger partial charge in [-0.05, 0) is 64.8 Å². The topological polar surface area (TPSA) is 88.2 Å². The Balaban J connectivity index is 1.59. The predicted molar refractivity (Wildman–Crippen MR) is 135 cm³/mol. The average Bonchev–Trinajstić information content (AvgIpc) is 3.09. The van der Waals surface area contributed by atoms with Crippen molar-refractivity contribution in [1.29, 1.82) is 0 Å². The van der Waals surface area contributed by atoms with Gasteiger partial charge in [0.1, 0.15) is 21.8 Å². The molecule has 0 unspecified atom stereocenters. The Bertz CT molecular complexity index is 1200. The average molecular weight is 487 g/mol. The van der Waals surface area contributed by atoms with Crippen LogP contribution in [0, 0.1) is 6.92 Å². The molecular formula is C25H34N4O4S. The number of carbonyl (C=O) groups excluding carboxylic acids is 1. The quantitative estimate of drug-likeness (QED) is 0.227. The predicted octanol–water partition coefficient (Wildman–Crippen LogP) is 4.29. The van der Waals surface area contributed by atoms with E-state index < -0.39 is 4.75 Å². The zero-order valence-corrected chi connectivity index (χ0v) is 21.7. The number of esters is 1. The van der Waals surface area contributed by atoms with Crippen LogP contribution in [-0.2, 0) is 29.5 Å². The highest BCUT2D eigenvalue weighted by Gasteiger charge is 2.30. The molecule has 0 radical (unpaired) electrons. The number of rotatable bonds is 11. The molecule has 0 aliphatic rings. The molecule has 3 rings (SSSR count). The zero-order chi connectivity index (χ0) is 24.9. The maximum Gasteiger partial charge on any atom is 0.321 e. The molecule has 0 aliphatic carbocycles. The van der Waals surface area contributed by atoms with E-state index in [9.17, 15) is 9.59 Å². The maximum absolute atomic E-state index is 13.1. The van der Waals surface area contributed by atoms with Crippen molar-refractivity contribution in [3.05, 3.63) is 46.1 Å². The van der Waals surface area contributed by atoms with Crippen LogP contribution in [0.3, 0.4) is 0 Å². The second-order valence-corrected chi connectivity index (χ2v) is 10.3. The molecule has 0 aliphatic heterocycles. The minimum Gasteiger partial charge on any atom is -0.494 e. The number of aryl methyl sites for hydroxylation is 3. The molecule has 0 saturated carbocycles. The zero-order valence-electron chi connectivity index (χ0n) is 20.9. The highest BCUT2D eigenvalue weighted by Crippen LogP contribution is 2.34. The van der Waals surface area contributed by atoms with Crippen LogP contribution in [0.2, 0.25) is 0 Å². The van der Waals surface area contributed by atoms with E-state index in [4.69, 9.17) is 9.47 Å². The molecule has 0 amide bonds. The smallest absolute Gasteiger partial charge is 0.321 e. The van der Waals surface area contributed by atoms with Crippen molar-refractivity contribution in [3.8, 4) is 5.75 Å². The van der Waals surface area contributed by atoms with E-state index in [2.05, 4.69) is 17.0 Å². The number of hydrogen-bond donors (Lipinski definition) is 0. The third-order valence-electron chi connectivity index (χ3n) is 5.45. The van der Waals surface area contributed by atoms with E-state index in [0.29, 0.717) is 43.0 Å². The van der Waals surface area contributed by atoms with Gasteiger partial charge in [0.2, 0.25) is 0 Å². The summed E-state index contributed by atoms with van der Waals surface area (Å²) >= 11 is 1.46. The van der Waals surface area contributed by atoms with Crippen molar-refractivity contribution in [2.24, 2.45) is 7.05 Å². The van der Waals surface area contributed by atoms with Crippen molar-refractivity contribution in [1.82, 2.24) is 19.3 Å². The van der Waals surface area contributed by atoms with Gasteiger partial charge in [-0.15, -0.1) is 11.8 Å². The summed E-state index contributed by atoms with van der Waals surface area (Å²) in [6.07, 6.45) is 2.43. The maximum atomic E-state index is 13.1. The van der Waals surface area contributed by atoms with E-state index in [1.807, 2.05) is 45.0 Å². The summed E-state index contributed by atoms with van der Waals surface area (Å²) in [6.45, 7) is 10.8. The molecule has 2 heterocycles. The molecule has 2 aromatic heterocycles. The third kappa shape index (κ3) is 5.81. The standard InChI is InChI=1S/C25H34N4O4S/c1-7-10-20-21-22(28(6)27-20)23(30)29(17(3)26-21)15-9-16-33-18-11-13-19(14-12-18)34-25(4,5)24(31)32-8-2/h11-14H,7-10,15-16H2,1-6H3. The van der Waals surface area contributed by atoms with Crippen molar-refractivity contribution >= 4 is 28.8 Å².